The van der Waals surface area contributed by atoms with E-state index < -0.39 is 46.5 Å². The Kier molecular flexibility index (Phi) is 6.13. The number of carbonyl (C=O) groups excluding carboxylic acids is 3. The smallest absolute Gasteiger partial charge is 0.347 e. The molecule has 5 rings (SSSR count). The van der Waals surface area contributed by atoms with E-state index in [1.54, 1.807) is 7.05 Å². The van der Waals surface area contributed by atoms with Crippen LogP contribution in [0.4, 0.5) is 33.7 Å². The van der Waals surface area contributed by atoms with Crippen LogP contribution < -0.4 is 15.1 Å². The van der Waals surface area contributed by atoms with E-state index in [1.165, 1.54) is 35.1 Å². The molecular weight excluding hydrogens is 520 g/mol. The van der Waals surface area contributed by atoms with Crippen LogP contribution >= 0.6 is 0 Å². The summed E-state index contributed by atoms with van der Waals surface area (Å²) in [5, 5.41) is 15.6. The average molecular weight is 540 g/mol. The highest BCUT2D eigenvalue weighted by Gasteiger charge is 2.61. The second-order valence-corrected chi connectivity index (χ2v) is 9.28. The summed E-state index contributed by atoms with van der Waals surface area (Å²) in [6, 6.07) is 8.49. The van der Waals surface area contributed by atoms with Gasteiger partial charge >= 0.3 is 12.2 Å². The van der Waals surface area contributed by atoms with E-state index in [-0.39, 0.29) is 42.0 Å². The van der Waals surface area contributed by atoms with Crippen molar-refractivity contribution in [1.29, 1.82) is 5.26 Å². The first-order chi connectivity index (χ1) is 18.5. The number of amides is 4. The number of benzene rings is 2. The number of nitrogens with zero attached hydrogens (tertiary/aromatic N) is 5. The molecule has 0 bridgehead atoms. The summed E-state index contributed by atoms with van der Waals surface area (Å²) in [7, 11) is 1.58. The Balaban J connectivity index is 1.44. The summed E-state index contributed by atoms with van der Waals surface area (Å²) in [5.41, 5.74) is -3.16. The molecule has 1 spiro atoms. The van der Waals surface area contributed by atoms with Crippen LogP contribution in [0.25, 0.3) is 0 Å². The number of hydrogen-bond donors (Lipinski definition) is 1. The molecule has 4 amide bonds. The third-order valence-corrected chi connectivity index (χ3v) is 7.07. The molecule has 13 heteroatoms. The number of hydrogen-bond acceptors (Lipinski definition) is 5. The van der Waals surface area contributed by atoms with Crippen molar-refractivity contribution in [3.8, 4) is 6.07 Å². The van der Waals surface area contributed by atoms with Gasteiger partial charge in [0.15, 0.2) is 0 Å². The number of nitriles is 1. The lowest BCUT2D eigenvalue weighted by Gasteiger charge is -2.42. The Morgan fingerprint density at radius 2 is 1.85 bits per heavy atom. The topological polar surface area (TPSA) is 111 Å². The predicted octanol–water partition coefficient (Wildman–Crippen LogP) is 4.28. The van der Waals surface area contributed by atoms with Crippen molar-refractivity contribution in [2.45, 2.75) is 37.5 Å². The first kappa shape index (κ1) is 25.9. The van der Waals surface area contributed by atoms with Crippen LogP contribution in [0.15, 0.2) is 48.7 Å². The van der Waals surface area contributed by atoms with Crippen molar-refractivity contribution in [3.63, 3.8) is 0 Å². The summed E-state index contributed by atoms with van der Waals surface area (Å²) in [5.74, 6) is -1.93. The molecule has 1 N–H and O–H groups in total. The van der Waals surface area contributed by atoms with Crippen LogP contribution in [0.1, 0.15) is 46.4 Å². The molecule has 1 saturated heterocycles. The van der Waals surface area contributed by atoms with E-state index in [1.807, 2.05) is 0 Å². The molecule has 1 aromatic heterocycles. The number of aromatic nitrogens is 2. The van der Waals surface area contributed by atoms with E-state index in [4.69, 9.17) is 5.26 Å². The molecule has 2 aliphatic rings. The van der Waals surface area contributed by atoms with Crippen LogP contribution in [-0.2, 0) is 24.6 Å². The number of alkyl halides is 3. The first-order valence-corrected chi connectivity index (χ1v) is 11.8. The second-order valence-electron chi connectivity index (χ2n) is 9.28. The van der Waals surface area contributed by atoms with Gasteiger partial charge in [-0.15, -0.1) is 0 Å². The summed E-state index contributed by atoms with van der Waals surface area (Å²) in [6.45, 7) is -0.161. The van der Waals surface area contributed by atoms with E-state index in [2.05, 4.69) is 10.4 Å². The van der Waals surface area contributed by atoms with Crippen molar-refractivity contribution in [1.82, 2.24) is 15.1 Å². The van der Waals surface area contributed by atoms with Crippen molar-refractivity contribution >= 4 is 29.2 Å². The Hall–Kier alpha value is -4.73. The Labute approximate surface area is 219 Å². The fourth-order valence-electron chi connectivity index (χ4n) is 4.89. The fourth-order valence-corrected chi connectivity index (χ4v) is 4.89. The number of urea groups is 1. The van der Waals surface area contributed by atoms with Gasteiger partial charge in [-0.3, -0.25) is 19.2 Å². The first-order valence-electron chi connectivity index (χ1n) is 11.8. The molecule has 2 fully saturated rings. The molecular formula is C26H20F4N6O3. The standard InChI is InChI=1S/C26H20F4N6O3/c1-34-21(7-10-33-34)22(37)32-14-16-4-6-18(12-20(16)27)36-24(39)35(23(38)25(36)8-2-9-25)17-5-3-15(13-31)19(11-17)26(28,29)30/h3-7,10-12H,2,8-9,14H2,1H3,(H,32,37). The van der Waals surface area contributed by atoms with Crippen LogP contribution in [-0.4, -0.2) is 33.2 Å². The average Bonchev–Trinajstić information content (AvgIpc) is 3.40. The molecule has 200 valence electrons. The van der Waals surface area contributed by atoms with Gasteiger partial charge in [0.25, 0.3) is 11.8 Å². The maximum atomic E-state index is 15.1. The number of anilines is 2. The Bertz CT molecular complexity index is 1550. The van der Waals surface area contributed by atoms with Gasteiger partial charge < -0.3 is 5.32 Å². The lowest BCUT2D eigenvalue weighted by atomic mass is 9.75. The molecule has 0 atom stereocenters. The largest absolute Gasteiger partial charge is 0.417 e. The summed E-state index contributed by atoms with van der Waals surface area (Å²) < 4.78 is 57.1. The minimum absolute atomic E-state index is 0.0550. The minimum atomic E-state index is -4.88. The van der Waals surface area contributed by atoms with Crippen molar-refractivity contribution in [3.05, 3.63) is 76.9 Å². The van der Waals surface area contributed by atoms with E-state index >= 15 is 4.39 Å². The zero-order valence-corrected chi connectivity index (χ0v) is 20.4. The van der Waals surface area contributed by atoms with Gasteiger partial charge in [-0.25, -0.2) is 14.1 Å². The molecule has 2 heterocycles. The third-order valence-electron chi connectivity index (χ3n) is 7.07. The second kappa shape index (κ2) is 9.23. The van der Waals surface area contributed by atoms with Gasteiger partial charge in [-0.2, -0.15) is 23.5 Å². The normalized spacial score (nSPS) is 16.4. The molecule has 39 heavy (non-hydrogen) atoms. The number of nitrogens with one attached hydrogen (secondary N) is 1. The fraction of sp³-hybridized carbons (Fsp3) is 0.269. The molecule has 0 unspecified atom stereocenters. The van der Waals surface area contributed by atoms with Crippen LogP contribution in [0, 0.1) is 17.1 Å². The van der Waals surface area contributed by atoms with Crippen LogP contribution in [0.2, 0.25) is 0 Å². The molecule has 3 aromatic rings. The van der Waals surface area contributed by atoms with Crippen LogP contribution in [0.3, 0.4) is 0 Å². The lowest BCUT2D eigenvalue weighted by molar-refractivity contribution is -0.137. The van der Waals surface area contributed by atoms with Gasteiger partial charge in [0.1, 0.15) is 17.1 Å². The maximum Gasteiger partial charge on any atom is 0.417 e. The number of carbonyl (C=O) groups is 3. The van der Waals surface area contributed by atoms with E-state index in [0.717, 1.165) is 23.1 Å². The Morgan fingerprint density at radius 3 is 2.41 bits per heavy atom. The quantitative estimate of drug-likeness (QED) is 0.384. The monoisotopic (exact) mass is 540 g/mol. The van der Waals surface area contributed by atoms with Gasteiger partial charge in [0, 0.05) is 31.0 Å². The van der Waals surface area contributed by atoms with E-state index in [9.17, 15) is 27.6 Å². The molecule has 2 aromatic carbocycles. The molecule has 1 saturated carbocycles. The SMILES string of the molecule is Cn1nccc1C(=O)NCc1ccc(N2C(=O)N(c3ccc(C#N)c(C(F)(F)F)c3)C(=O)C23CCC3)cc1F. The zero-order chi connectivity index (χ0) is 28.1. The highest BCUT2D eigenvalue weighted by molar-refractivity contribution is 6.30. The predicted molar refractivity (Wildman–Crippen MR) is 129 cm³/mol. The van der Waals surface area contributed by atoms with E-state index in [0.29, 0.717) is 17.4 Å². The molecule has 0 radical (unpaired) electrons. The number of rotatable bonds is 5. The lowest BCUT2D eigenvalue weighted by Crippen LogP contribution is -2.55. The molecule has 1 aliphatic carbocycles. The summed E-state index contributed by atoms with van der Waals surface area (Å²) in [6.07, 6.45) is -2.35. The third kappa shape index (κ3) is 4.18. The van der Waals surface area contributed by atoms with Crippen molar-refractivity contribution < 1.29 is 31.9 Å². The van der Waals surface area contributed by atoms with Crippen molar-refractivity contribution in [2.24, 2.45) is 7.05 Å². The highest BCUT2D eigenvalue weighted by Crippen LogP contribution is 2.48. The Morgan fingerprint density at radius 1 is 1.13 bits per heavy atom. The van der Waals surface area contributed by atoms with Gasteiger partial charge in [-0.05, 0) is 55.7 Å². The number of aryl methyl sites for hydroxylation is 1. The number of halogens is 4. The minimum Gasteiger partial charge on any atom is -0.347 e. The highest BCUT2D eigenvalue weighted by atomic mass is 19.4. The molecule has 9 nitrogen and oxygen atoms in total. The van der Waals surface area contributed by atoms with Crippen molar-refractivity contribution in [2.75, 3.05) is 9.80 Å². The molecule has 1 aliphatic heterocycles. The van der Waals surface area contributed by atoms with Gasteiger partial charge in [-0.1, -0.05) is 6.07 Å². The van der Waals surface area contributed by atoms with Gasteiger partial charge in [0.05, 0.1) is 22.9 Å². The zero-order valence-electron chi connectivity index (χ0n) is 20.4. The van der Waals surface area contributed by atoms with Crippen LogP contribution in [0.5, 0.6) is 0 Å². The summed E-state index contributed by atoms with van der Waals surface area (Å²) >= 11 is 0. The number of imide groups is 1. The maximum absolute atomic E-state index is 15.1. The summed E-state index contributed by atoms with van der Waals surface area (Å²) in [4.78, 5) is 41.1. The van der Waals surface area contributed by atoms with Gasteiger partial charge in [0.2, 0.25) is 0 Å².